The van der Waals surface area contributed by atoms with Crippen molar-refractivity contribution in [1.29, 1.82) is 0 Å². The summed E-state index contributed by atoms with van der Waals surface area (Å²) in [6.07, 6.45) is 15.2. The summed E-state index contributed by atoms with van der Waals surface area (Å²) in [6.45, 7) is 4.59. The number of rotatable bonds is 7. The van der Waals surface area contributed by atoms with Gasteiger partial charge in [0.05, 0.1) is 12.6 Å². The standard InChI is InChI=1S/C19H31N5O/c1-16(19(25)21-11-10-17-7-3-2-4-8-17)24-12-6-5-9-18(24)13-23-15-20-14-22-23/h7,14-16,18H,2-6,8-13H2,1H3,(H,21,25). The summed E-state index contributed by atoms with van der Waals surface area (Å²) in [5.41, 5.74) is 1.52. The molecule has 6 heteroatoms. The smallest absolute Gasteiger partial charge is 0.237 e. The molecule has 0 aromatic carbocycles. The van der Waals surface area contributed by atoms with Gasteiger partial charge in [0.1, 0.15) is 12.7 Å². The van der Waals surface area contributed by atoms with E-state index in [4.69, 9.17) is 0 Å². The summed E-state index contributed by atoms with van der Waals surface area (Å²) in [5.74, 6) is 0.155. The minimum atomic E-state index is -0.0887. The van der Waals surface area contributed by atoms with Crippen molar-refractivity contribution in [3.63, 3.8) is 0 Å². The number of nitrogens with one attached hydrogen (secondary N) is 1. The van der Waals surface area contributed by atoms with Gasteiger partial charge in [0, 0.05) is 12.6 Å². The molecular weight excluding hydrogens is 314 g/mol. The van der Waals surface area contributed by atoms with E-state index in [0.29, 0.717) is 6.04 Å². The third-order valence-electron chi connectivity index (χ3n) is 5.54. The first kappa shape index (κ1) is 18.1. The average Bonchev–Trinajstić information content (AvgIpc) is 3.15. The van der Waals surface area contributed by atoms with Crippen molar-refractivity contribution < 1.29 is 4.79 Å². The molecule has 1 aliphatic carbocycles. The Morgan fingerprint density at radius 2 is 2.28 bits per heavy atom. The summed E-state index contributed by atoms with van der Waals surface area (Å²) >= 11 is 0. The van der Waals surface area contributed by atoms with E-state index in [9.17, 15) is 4.79 Å². The fourth-order valence-electron chi connectivity index (χ4n) is 4.05. The van der Waals surface area contributed by atoms with Gasteiger partial charge in [0.25, 0.3) is 0 Å². The third kappa shape index (κ3) is 5.14. The highest BCUT2D eigenvalue weighted by atomic mass is 16.2. The van der Waals surface area contributed by atoms with E-state index in [0.717, 1.165) is 32.5 Å². The first-order chi connectivity index (χ1) is 12.2. The normalized spacial score (nSPS) is 23.1. The SMILES string of the molecule is CC(C(=O)NCCC1=CCCCC1)N1CCCCC1Cn1cncn1. The van der Waals surface area contributed by atoms with Crippen molar-refractivity contribution in [2.75, 3.05) is 13.1 Å². The van der Waals surface area contributed by atoms with Gasteiger partial charge in [-0.1, -0.05) is 18.1 Å². The molecule has 1 aromatic heterocycles. The topological polar surface area (TPSA) is 63.1 Å². The Morgan fingerprint density at radius 3 is 3.04 bits per heavy atom. The van der Waals surface area contributed by atoms with Gasteiger partial charge < -0.3 is 5.32 Å². The third-order valence-corrected chi connectivity index (χ3v) is 5.54. The Balaban J connectivity index is 1.49. The number of piperidine rings is 1. The maximum atomic E-state index is 12.6. The van der Waals surface area contributed by atoms with Crippen LogP contribution < -0.4 is 5.32 Å². The number of likely N-dealkylation sites (tertiary alicyclic amines) is 1. The van der Waals surface area contributed by atoms with Crippen LogP contribution in [-0.2, 0) is 11.3 Å². The Bertz CT molecular complexity index is 568. The van der Waals surface area contributed by atoms with Crippen LogP contribution in [0.5, 0.6) is 0 Å². The van der Waals surface area contributed by atoms with E-state index in [1.807, 2.05) is 11.6 Å². The zero-order valence-electron chi connectivity index (χ0n) is 15.4. The molecule has 2 aliphatic rings. The molecule has 1 aromatic rings. The molecule has 1 aliphatic heterocycles. The number of aromatic nitrogens is 3. The number of amides is 1. The van der Waals surface area contributed by atoms with Gasteiger partial charge in [-0.25, -0.2) is 4.98 Å². The molecule has 25 heavy (non-hydrogen) atoms. The predicted octanol–water partition coefficient (Wildman–Crippen LogP) is 2.53. The quantitative estimate of drug-likeness (QED) is 0.772. The molecule has 1 N–H and O–H groups in total. The molecule has 2 heterocycles. The van der Waals surface area contributed by atoms with E-state index >= 15 is 0 Å². The van der Waals surface area contributed by atoms with Crippen LogP contribution in [0, 0.1) is 0 Å². The molecule has 3 rings (SSSR count). The van der Waals surface area contributed by atoms with Gasteiger partial charge in [-0.3, -0.25) is 14.4 Å². The van der Waals surface area contributed by atoms with Crippen LogP contribution in [0.3, 0.4) is 0 Å². The largest absolute Gasteiger partial charge is 0.354 e. The maximum Gasteiger partial charge on any atom is 0.237 e. The molecule has 0 radical (unpaired) electrons. The Kier molecular flexibility index (Phi) is 6.62. The molecule has 2 unspecified atom stereocenters. The number of hydrogen-bond donors (Lipinski definition) is 1. The van der Waals surface area contributed by atoms with E-state index in [-0.39, 0.29) is 11.9 Å². The number of hydrogen-bond acceptors (Lipinski definition) is 4. The molecule has 1 saturated heterocycles. The van der Waals surface area contributed by atoms with Crippen molar-refractivity contribution in [3.05, 3.63) is 24.3 Å². The van der Waals surface area contributed by atoms with E-state index in [2.05, 4.69) is 26.4 Å². The van der Waals surface area contributed by atoms with Crippen LogP contribution in [-0.4, -0.2) is 50.7 Å². The van der Waals surface area contributed by atoms with Crippen molar-refractivity contribution in [1.82, 2.24) is 25.0 Å². The monoisotopic (exact) mass is 345 g/mol. The Labute approximate surface area is 150 Å². The highest BCUT2D eigenvalue weighted by Crippen LogP contribution is 2.22. The minimum Gasteiger partial charge on any atom is -0.354 e. The van der Waals surface area contributed by atoms with E-state index in [1.165, 1.54) is 44.1 Å². The second kappa shape index (κ2) is 9.13. The molecule has 2 atom stereocenters. The first-order valence-electron chi connectivity index (χ1n) is 9.78. The molecular formula is C19H31N5O. The van der Waals surface area contributed by atoms with Crippen molar-refractivity contribution >= 4 is 5.91 Å². The first-order valence-corrected chi connectivity index (χ1v) is 9.78. The van der Waals surface area contributed by atoms with Crippen LogP contribution in [0.25, 0.3) is 0 Å². The van der Waals surface area contributed by atoms with Gasteiger partial charge in [-0.15, -0.1) is 0 Å². The zero-order chi connectivity index (χ0) is 17.5. The van der Waals surface area contributed by atoms with Crippen molar-refractivity contribution in [2.45, 2.75) is 76.9 Å². The summed E-state index contributed by atoms with van der Waals surface area (Å²) in [5, 5.41) is 7.37. The van der Waals surface area contributed by atoms with Crippen LogP contribution in [0.1, 0.15) is 58.3 Å². The fourth-order valence-corrected chi connectivity index (χ4v) is 4.05. The zero-order valence-corrected chi connectivity index (χ0v) is 15.4. The lowest BCUT2D eigenvalue weighted by molar-refractivity contribution is -0.127. The van der Waals surface area contributed by atoms with Crippen LogP contribution in [0.4, 0.5) is 0 Å². The number of nitrogens with zero attached hydrogens (tertiary/aromatic N) is 4. The summed E-state index contributed by atoms with van der Waals surface area (Å²) in [6, 6.07) is 0.270. The molecule has 138 valence electrons. The van der Waals surface area contributed by atoms with Crippen molar-refractivity contribution in [2.24, 2.45) is 0 Å². The minimum absolute atomic E-state index is 0.0887. The highest BCUT2D eigenvalue weighted by molar-refractivity contribution is 5.81. The number of allylic oxidation sites excluding steroid dienone is 1. The van der Waals surface area contributed by atoms with Crippen LogP contribution in [0.15, 0.2) is 24.3 Å². The Hall–Kier alpha value is -1.69. The van der Waals surface area contributed by atoms with Gasteiger partial charge in [0.2, 0.25) is 5.91 Å². The second-order valence-electron chi connectivity index (χ2n) is 7.33. The van der Waals surface area contributed by atoms with Gasteiger partial charge in [-0.05, 0) is 58.4 Å². The average molecular weight is 345 g/mol. The van der Waals surface area contributed by atoms with Gasteiger partial charge in [0.15, 0.2) is 0 Å². The van der Waals surface area contributed by atoms with Crippen LogP contribution in [0.2, 0.25) is 0 Å². The number of carbonyl (C=O) groups is 1. The summed E-state index contributed by atoms with van der Waals surface area (Å²) < 4.78 is 1.88. The highest BCUT2D eigenvalue weighted by Gasteiger charge is 2.30. The maximum absolute atomic E-state index is 12.6. The van der Waals surface area contributed by atoms with Gasteiger partial charge >= 0.3 is 0 Å². The molecule has 0 saturated carbocycles. The van der Waals surface area contributed by atoms with E-state index in [1.54, 1.807) is 12.7 Å². The molecule has 1 amide bonds. The lowest BCUT2D eigenvalue weighted by atomic mass is 9.97. The second-order valence-corrected chi connectivity index (χ2v) is 7.33. The molecule has 1 fully saturated rings. The molecule has 6 nitrogen and oxygen atoms in total. The molecule has 0 spiro atoms. The van der Waals surface area contributed by atoms with Crippen LogP contribution >= 0.6 is 0 Å². The summed E-state index contributed by atoms with van der Waals surface area (Å²) in [4.78, 5) is 19.0. The number of carbonyl (C=O) groups excluding carboxylic acids is 1. The fraction of sp³-hybridized carbons (Fsp3) is 0.737. The van der Waals surface area contributed by atoms with E-state index < -0.39 is 0 Å². The molecule has 0 bridgehead atoms. The van der Waals surface area contributed by atoms with Gasteiger partial charge in [-0.2, -0.15) is 5.10 Å². The summed E-state index contributed by atoms with van der Waals surface area (Å²) in [7, 11) is 0. The lowest BCUT2D eigenvalue weighted by Gasteiger charge is -2.39. The predicted molar refractivity (Wildman–Crippen MR) is 98.0 cm³/mol. The Morgan fingerprint density at radius 1 is 1.36 bits per heavy atom. The van der Waals surface area contributed by atoms with Crippen molar-refractivity contribution in [3.8, 4) is 0 Å². The lowest BCUT2D eigenvalue weighted by Crippen LogP contribution is -2.53.